The molecule has 0 saturated carbocycles. The molecule has 1 atom stereocenters. The largest absolute Gasteiger partial charge is 0.462 e. The molecule has 4 nitrogen and oxygen atoms in total. The zero-order valence-corrected chi connectivity index (χ0v) is 12.4. The van der Waals surface area contributed by atoms with Crippen LogP contribution in [0.15, 0.2) is 24.3 Å². The van der Waals surface area contributed by atoms with Crippen LogP contribution in [0.4, 0.5) is 5.69 Å². The van der Waals surface area contributed by atoms with E-state index in [0.29, 0.717) is 18.1 Å². The second kappa shape index (κ2) is 7.29. The van der Waals surface area contributed by atoms with Crippen LogP contribution >= 0.6 is 0 Å². The van der Waals surface area contributed by atoms with Crippen LogP contribution in [0, 0.1) is 5.92 Å². The zero-order valence-electron chi connectivity index (χ0n) is 12.4. The maximum atomic E-state index is 11.5. The average Bonchev–Trinajstić information content (AvgIpc) is 2.46. The molecule has 110 valence electrons. The van der Waals surface area contributed by atoms with Gasteiger partial charge in [0, 0.05) is 18.8 Å². The molecule has 0 radical (unpaired) electrons. The molecule has 0 aromatic heterocycles. The normalized spacial score (nSPS) is 19.6. The summed E-state index contributed by atoms with van der Waals surface area (Å²) in [5.74, 6) is 0.450. The highest BCUT2D eigenvalue weighted by Gasteiger charge is 2.16. The lowest BCUT2D eigenvalue weighted by atomic mass is 9.98. The molecule has 1 aliphatic rings. The molecule has 2 rings (SSSR count). The van der Waals surface area contributed by atoms with Crippen molar-refractivity contribution in [3.63, 3.8) is 0 Å². The number of esters is 1. The molecule has 20 heavy (non-hydrogen) atoms. The summed E-state index contributed by atoms with van der Waals surface area (Å²) >= 11 is 0. The number of carbonyl (C=O) groups excluding carboxylic acids is 1. The van der Waals surface area contributed by atoms with Crippen molar-refractivity contribution in [1.29, 1.82) is 0 Å². The molecule has 0 spiro atoms. The number of rotatable bonds is 5. The number of hydrogen-bond acceptors (Lipinski definition) is 4. The third kappa shape index (κ3) is 4.23. The standard InChI is InChI=1S/C16H24N2O2/c1-3-20-16(19)14-6-8-15(9-7-14)17-11-13-5-4-10-18(2)12-13/h6-9,13,17H,3-5,10-12H2,1-2H3. The summed E-state index contributed by atoms with van der Waals surface area (Å²) in [5.41, 5.74) is 1.67. The van der Waals surface area contributed by atoms with Gasteiger partial charge in [-0.05, 0) is 63.5 Å². The number of ether oxygens (including phenoxy) is 1. The SMILES string of the molecule is CCOC(=O)c1ccc(NCC2CCCN(C)C2)cc1. The van der Waals surface area contributed by atoms with E-state index in [0.717, 1.165) is 18.8 Å². The molecule has 1 N–H and O–H groups in total. The first-order chi connectivity index (χ1) is 9.69. The predicted molar refractivity (Wildman–Crippen MR) is 81.1 cm³/mol. The average molecular weight is 276 g/mol. The summed E-state index contributed by atoms with van der Waals surface area (Å²) in [5, 5.41) is 3.45. The molecule has 0 bridgehead atoms. The van der Waals surface area contributed by atoms with Gasteiger partial charge in [-0.3, -0.25) is 0 Å². The summed E-state index contributed by atoms with van der Waals surface area (Å²) in [6.07, 6.45) is 2.57. The number of anilines is 1. The van der Waals surface area contributed by atoms with Crippen molar-refractivity contribution in [3.8, 4) is 0 Å². The van der Waals surface area contributed by atoms with E-state index in [1.165, 1.54) is 19.4 Å². The van der Waals surface area contributed by atoms with Gasteiger partial charge in [-0.2, -0.15) is 0 Å². The topological polar surface area (TPSA) is 41.6 Å². The molecule has 0 amide bonds. The number of nitrogens with zero attached hydrogens (tertiary/aromatic N) is 1. The van der Waals surface area contributed by atoms with Crippen molar-refractivity contribution in [2.45, 2.75) is 19.8 Å². The van der Waals surface area contributed by atoms with Gasteiger partial charge < -0.3 is 15.0 Å². The monoisotopic (exact) mass is 276 g/mol. The molecule has 0 aliphatic carbocycles. The summed E-state index contributed by atoms with van der Waals surface area (Å²) < 4.78 is 4.97. The van der Waals surface area contributed by atoms with Crippen LogP contribution in [0.3, 0.4) is 0 Å². The maximum absolute atomic E-state index is 11.5. The smallest absolute Gasteiger partial charge is 0.338 e. The summed E-state index contributed by atoms with van der Waals surface area (Å²) in [4.78, 5) is 13.9. The Labute approximate surface area is 121 Å². The molecule has 1 heterocycles. The Kier molecular flexibility index (Phi) is 5.41. The van der Waals surface area contributed by atoms with Gasteiger partial charge in [-0.15, -0.1) is 0 Å². The molecule has 4 heteroatoms. The third-order valence-electron chi connectivity index (χ3n) is 3.71. The van der Waals surface area contributed by atoms with Gasteiger partial charge in [0.15, 0.2) is 0 Å². The molecule has 1 saturated heterocycles. The Morgan fingerprint density at radius 1 is 1.40 bits per heavy atom. The van der Waals surface area contributed by atoms with E-state index in [4.69, 9.17) is 4.74 Å². The van der Waals surface area contributed by atoms with Gasteiger partial charge in [0.25, 0.3) is 0 Å². The van der Waals surface area contributed by atoms with Crippen LogP contribution in [0.1, 0.15) is 30.1 Å². The second-order valence-electron chi connectivity index (χ2n) is 5.45. The summed E-state index contributed by atoms with van der Waals surface area (Å²) in [6.45, 7) is 5.59. The van der Waals surface area contributed by atoms with Crippen molar-refractivity contribution in [1.82, 2.24) is 4.90 Å². The lowest BCUT2D eigenvalue weighted by molar-refractivity contribution is 0.0526. The van der Waals surface area contributed by atoms with E-state index in [2.05, 4.69) is 17.3 Å². The number of likely N-dealkylation sites (tertiary alicyclic amines) is 1. The van der Waals surface area contributed by atoms with E-state index >= 15 is 0 Å². The lowest BCUT2D eigenvalue weighted by Crippen LogP contribution is -2.35. The Bertz CT molecular complexity index is 431. The first kappa shape index (κ1) is 14.9. The summed E-state index contributed by atoms with van der Waals surface area (Å²) in [7, 11) is 2.18. The van der Waals surface area contributed by atoms with E-state index in [1.807, 2.05) is 31.2 Å². The third-order valence-corrected chi connectivity index (χ3v) is 3.71. The van der Waals surface area contributed by atoms with Crippen molar-refractivity contribution < 1.29 is 9.53 Å². The quantitative estimate of drug-likeness (QED) is 0.839. The van der Waals surface area contributed by atoms with Crippen molar-refractivity contribution >= 4 is 11.7 Å². The Balaban J connectivity index is 1.83. The highest BCUT2D eigenvalue weighted by atomic mass is 16.5. The van der Waals surface area contributed by atoms with Gasteiger partial charge in [0.2, 0.25) is 0 Å². The highest BCUT2D eigenvalue weighted by molar-refractivity contribution is 5.89. The van der Waals surface area contributed by atoms with Crippen molar-refractivity contribution in [3.05, 3.63) is 29.8 Å². The van der Waals surface area contributed by atoms with Crippen molar-refractivity contribution in [2.24, 2.45) is 5.92 Å². The van der Waals surface area contributed by atoms with Crippen molar-refractivity contribution in [2.75, 3.05) is 38.6 Å². The van der Waals surface area contributed by atoms with Crippen LogP contribution in [0.25, 0.3) is 0 Å². The first-order valence-electron chi connectivity index (χ1n) is 7.38. The number of piperidine rings is 1. The minimum Gasteiger partial charge on any atom is -0.462 e. The molecule has 1 aromatic carbocycles. The van der Waals surface area contributed by atoms with Crippen LogP contribution in [0.5, 0.6) is 0 Å². The molecule has 1 fully saturated rings. The van der Waals surface area contributed by atoms with Crippen LogP contribution in [-0.2, 0) is 4.74 Å². The lowest BCUT2D eigenvalue weighted by Gasteiger charge is -2.29. The number of nitrogens with one attached hydrogen (secondary N) is 1. The van der Waals surface area contributed by atoms with E-state index in [-0.39, 0.29) is 5.97 Å². The fraction of sp³-hybridized carbons (Fsp3) is 0.562. The van der Waals surface area contributed by atoms with E-state index < -0.39 is 0 Å². The van der Waals surface area contributed by atoms with E-state index in [1.54, 1.807) is 0 Å². The Hall–Kier alpha value is -1.55. The number of carbonyl (C=O) groups is 1. The Morgan fingerprint density at radius 2 is 2.15 bits per heavy atom. The van der Waals surface area contributed by atoms with Crippen LogP contribution in [0.2, 0.25) is 0 Å². The highest BCUT2D eigenvalue weighted by Crippen LogP contribution is 2.17. The minimum atomic E-state index is -0.257. The van der Waals surface area contributed by atoms with Gasteiger partial charge in [-0.1, -0.05) is 0 Å². The molecular weight excluding hydrogens is 252 g/mol. The number of benzene rings is 1. The number of hydrogen-bond donors (Lipinski definition) is 1. The second-order valence-corrected chi connectivity index (χ2v) is 5.45. The fourth-order valence-electron chi connectivity index (χ4n) is 2.64. The van der Waals surface area contributed by atoms with Gasteiger partial charge in [0.05, 0.1) is 12.2 Å². The van der Waals surface area contributed by atoms with Gasteiger partial charge >= 0.3 is 5.97 Å². The first-order valence-corrected chi connectivity index (χ1v) is 7.38. The molecule has 1 unspecified atom stereocenters. The Morgan fingerprint density at radius 3 is 2.80 bits per heavy atom. The maximum Gasteiger partial charge on any atom is 0.338 e. The fourth-order valence-corrected chi connectivity index (χ4v) is 2.64. The zero-order chi connectivity index (χ0) is 14.4. The van der Waals surface area contributed by atoms with Crippen LogP contribution < -0.4 is 5.32 Å². The summed E-state index contributed by atoms with van der Waals surface area (Å²) in [6, 6.07) is 7.51. The molecule has 1 aliphatic heterocycles. The predicted octanol–water partition coefficient (Wildman–Crippen LogP) is 2.62. The van der Waals surface area contributed by atoms with E-state index in [9.17, 15) is 4.79 Å². The molecular formula is C16H24N2O2. The van der Waals surface area contributed by atoms with Gasteiger partial charge in [-0.25, -0.2) is 4.79 Å². The minimum absolute atomic E-state index is 0.257. The van der Waals surface area contributed by atoms with Crippen LogP contribution in [-0.4, -0.2) is 44.2 Å². The molecule has 1 aromatic rings. The van der Waals surface area contributed by atoms with Gasteiger partial charge in [0.1, 0.15) is 0 Å².